The fraction of sp³-hybridized carbons (Fsp3) is 0.625. The standard InChI is InChI=1S/C8H14N2O3S/c1-4-5-7(10-14(12)13)9-8(11)6(2)3/h7H,2,4-5H2,1,3H3,(H,9,11). The van der Waals surface area contributed by atoms with Crippen molar-refractivity contribution >= 4 is 16.4 Å². The summed E-state index contributed by atoms with van der Waals surface area (Å²) < 4.78 is 23.9. The molecule has 1 N–H and O–H groups in total. The fourth-order valence-electron chi connectivity index (χ4n) is 0.803. The summed E-state index contributed by atoms with van der Waals surface area (Å²) in [6.45, 7) is 6.87. The minimum Gasteiger partial charge on any atom is -0.329 e. The Balaban J connectivity index is 4.45. The van der Waals surface area contributed by atoms with E-state index >= 15 is 0 Å². The molecule has 0 aliphatic rings. The molecule has 80 valence electrons. The zero-order chi connectivity index (χ0) is 11.1. The molecular weight excluding hydrogens is 204 g/mol. The van der Waals surface area contributed by atoms with Crippen LogP contribution >= 0.6 is 0 Å². The summed E-state index contributed by atoms with van der Waals surface area (Å²) >= 11 is 0. The quantitative estimate of drug-likeness (QED) is 0.695. The first-order valence-electron chi connectivity index (χ1n) is 4.24. The fourth-order valence-corrected chi connectivity index (χ4v) is 1.17. The number of nitrogens with one attached hydrogen (secondary N) is 1. The first-order valence-corrected chi connectivity index (χ1v) is 5.27. The van der Waals surface area contributed by atoms with Crippen molar-refractivity contribution in [2.75, 3.05) is 0 Å². The lowest BCUT2D eigenvalue weighted by atomic mass is 10.2. The number of rotatable bonds is 5. The molecule has 0 aliphatic heterocycles. The second-order valence-corrected chi connectivity index (χ2v) is 3.53. The van der Waals surface area contributed by atoms with Gasteiger partial charge in [0.15, 0.2) is 0 Å². The summed E-state index contributed by atoms with van der Waals surface area (Å²) in [4.78, 5) is 11.1. The first kappa shape index (κ1) is 12.8. The highest BCUT2D eigenvalue weighted by Crippen LogP contribution is 1.99. The van der Waals surface area contributed by atoms with Crippen molar-refractivity contribution in [3.63, 3.8) is 0 Å². The average molecular weight is 218 g/mol. The molecule has 1 unspecified atom stereocenters. The van der Waals surface area contributed by atoms with Crippen LogP contribution in [0.1, 0.15) is 26.7 Å². The lowest BCUT2D eigenvalue weighted by molar-refractivity contribution is -0.118. The van der Waals surface area contributed by atoms with Gasteiger partial charge in [-0.05, 0) is 13.3 Å². The van der Waals surface area contributed by atoms with E-state index in [9.17, 15) is 13.2 Å². The molecule has 0 saturated carbocycles. The van der Waals surface area contributed by atoms with Crippen molar-refractivity contribution in [3.05, 3.63) is 12.2 Å². The molecule has 0 aromatic heterocycles. The zero-order valence-electron chi connectivity index (χ0n) is 8.28. The second-order valence-electron chi connectivity index (χ2n) is 2.88. The predicted molar refractivity (Wildman–Crippen MR) is 53.0 cm³/mol. The van der Waals surface area contributed by atoms with Gasteiger partial charge in [-0.3, -0.25) is 4.79 Å². The van der Waals surface area contributed by atoms with Crippen molar-refractivity contribution in [3.8, 4) is 0 Å². The molecule has 0 fully saturated rings. The highest BCUT2D eigenvalue weighted by molar-refractivity contribution is 7.61. The minimum absolute atomic E-state index is 0.331. The molecule has 0 radical (unpaired) electrons. The maximum atomic E-state index is 11.1. The molecule has 1 amide bonds. The summed E-state index contributed by atoms with van der Waals surface area (Å²) in [7, 11) is -2.50. The average Bonchev–Trinajstić information content (AvgIpc) is 2.02. The lowest BCUT2D eigenvalue weighted by Crippen LogP contribution is -2.33. The van der Waals surface area contributed by atoms with Crippen molar-refractivity contribution in [2.45, 2.75) is 32.9 Å². The molecule has 0 heterocycles. The molecule has 14 heavy (non-hydrogen) atoms. The van der Waals surface area contributed by atoms with E-state index in [-0.39, 0.29) is 5.91 Å². The van der Waals surface area contributed by atoms with Crippen LogP contribution in [0.2, 0.25) is 0 Å². The number of hydrogen-bond donors (Lipinski definition) is 1. The Labute approximate surface area is 84.9 Å². The van der Waals surface area contributed by atoms with Crippen LogP contribution in [-0.4, -0.2) is 20.5 Å². The van der Waals surface area contributed by atoms with E-state index in [0.717, 1.165) is 6.42 Å². The molecule has 0 aromatic rings. The van der Waals surface area contributed by atoms with E-state index in [1.165, 1.54) is 0 Å². The van der Waals surface area contributed by atoms with Gasteiger partial charge in [0.05, 0.1) is 0 Å². The lowest BCUT2D eigenvalue weighted by Gasteiger charge is -2.10. The number of amides is 1. The van der Waals surface area contributed by atoms with Crippen LogP contribution in [0.4, 0.5) is 0 Å². The number of carbonyl (C=O) groups is 1. The first-order chi connectivity index (χ1) is 6.47. The van der Waals surface area contributed by atoms with Crippen LogP contribution in [0, 0.1) is 0 Å². The molecule has 0 rings (SSSR count). The highest BCUT2D eigenvalue weighted by Gasteiger charge is 2.10. The van der Waals surface area contributed by atoms with E-state index in [2.05, 4.69) is 16.3 Å². The molecule has 5 nitrogen and oxygen atoms in total. The Hall–Kier alpha value is -1.17. The van der Waals surface area contributed by atoms with Crippen LogP contribution < -0.4 is 5.32 Å². The number of nitrogens with zero attached hydrogens (tertiary/aromatic N) is 1. The molecular formula is C8H14N2O3S. The SMILES string of the molecule is C=C(C)C(=O)NC(CCC)N=S(=O)=O. The van der Waals surface area contributed by atoms with E-state index in [1.54, 1.807) is 6.92 Å². The normalized spacial score (nSPS) is 11.6. The maximum Gasteiger partial charge on any atom is 0.313 e. The molecule has 6 heteroatoms. The van der Waals surface area contributed by atoms with Crippen molar-refractivity contribution in [1.82, 2.24) is 5.32 Å². The third-order valence-electron chi connectivity index (χ3n) is 1.46. The van der Waals surface area contributed by atoms with Gasteiger partial charge < -0.3 is 5.32 Å². The maximum absolute atomic E-state index is 11.1. The van der Waals surface area contributed by atoms with Crippen molar-refractivity contribution in [2.24, 2.45) is 4.36 Å². The smallest absolute Gasteiger partial charge is 0.313 e. The van der Waals surface area contributed by atoms with Gasteiger partial charge in [0.2, 0.25) is 5.91 Å². The summed E-state index contributed by atoms with van der Waals surface area (Å²) in [5.74, 6) is -0.377. The predicted octanol–water partition coefficient (Wildman–Crippen LogP) is 0.868. The molecule has 0 bridgehead atoms. The molecule has 0 saturated heterocycles. The molecule has 0 spiro atoms. The van der Waals surface area contributed by atoms with Crippen LogP contribution in [0.3, 0.4) is 0 Å². The van der Waals surface area contributed by atoms with E-state index < -0.39 is 16.7 Å². The summed E-state index contributed by atoms with van der Waals surface area (Å²) in [5, 5.41) is 2.45. The Morgan fingerprint density at radius 3 is 2.50 bits per heavy atom. The summed E-state index contributed by atoms with van der Waals surface area (Å²) in [6.07, 6.45) is 0.553. The van der Waals surface area contributed by atoms with Gasteiger partial charge >= 0.3 is 10.5 Å². The summed E-state index contributed by atoms with van der Waals surface area (Å²) in [5.41, 5.74) is 0.331. The van der Waals surface area contributed by atoms with Crippen molar-refractivity contribution < 1.29 is 13.2 Å². The zero-order valence-corrected chi connectivity index (χ0v) is 9.10. The highest BCUT2D eigenvalue weighted by atomic mass is 32.2. The monoisotopic (exact) mass is 218 g/mol. The third kappa shape index (κ3) is 5.47. The number of carbonyl (C=O) groups excluding carboxylic acids is 1. The Morgan fingerprint density at radius 2 is 2.14 bits per heavy atom. The Morgan fingerprint density at radius 1 is 1.57 bits per heavy atom. The van der Waals surface area contributed by atoms with Gasteiger partial charge in [-0.25, -0.2) is 0 Å². The van der Waals surface area contributed by atoms with Crippen LogP contribution in [0.5, 0.6) is 0 Å². The van der Waals surface area contributed by atoms with Crippen LogP contribution in [-0.2, 0) is 15.3 Å². The van der Waals surface area contributed by atoms with E-state index in [1.807, 2.05) is 6.92 Å². The third-order valence-corrected chi connectivity index (χ3v) is 1.89. The molecule has 0 aliphatic carbocycles. The van der Waals surface area contributed by atoms with Gasteiger partial charge in [-0.15, -0.1) is 4.36 Å². The Bertz CT molecular complexity index is 338. The van der Waals surface area contributed by atoms with Crippen LogP contribution in [0.15, 0.2) is 16.5 Å². The Kier molecular flexibility index (Phi) is 5.78. The number of hydrogen-bond acceptors (Lipinski definition) is 4. The van der Waals surface area contributed by atoms with E-state index in [4.69, 9.17) is 0 Å². The van der Waals surface area contributed by atoms with Gasteiger partial charge in [-0.1, -0.05) is 19.9 Å². The van der Waals surface area contributed by atoms with Gasteiger partial charge in [-0.2, -0.15) is 8.42 Å². The molecule has 0 aromatic carbocycles. The summed E-state index contributed by atoms with van der Waals surface area (Å²) in [6, 6.07) is 0. The van der Waals surface area contributed by atoms with Gasteiger partial charge in [0, 0.05) is 5.57 Å². The minimum atomic E-state index is -2.50. The van der Waals surface area contributed by atoms with E-state index in [0.29, 0.717) is 12.0 Å². The topological polar surface area (TPSA) is 75.6 Å². The van der Waals surface area contributed by atoms with Gasteiger partial charge in [0.25, 0.3) is 0 Å². The van der Waals surface area contributed by atoms with Gasteiger partial charge in [0.1, 0.15) is 6.17 Å². The largest absolute Gasteiger partial charge is 0.329 e. The second kappa shape index (κ2) is 6.31. The van der Waals surface area contributed by atoms with Crippen molar-refractivity contribution in [1.29, 1.82) is 0 Å². The molecule has 1 atom stereocenters. The van der Waals surface area contributed by atoms with Crippen LogP contribution in [0.25, 0.3) is 0 Å².